The molecule has 1 saturated heterocycles. The number of carbonyl (C=O) groups is 1. The van der Waals surface area contributed by atoms with Crippen LogP contribution in [-0.4, -0.2) is 35.4 Å². The van der Waals surface area contributed by atoms with E-state index in [1.807, 2.05) is 25.1 Å². The molecule has 1 amide bonds. The van der Waals surface area contributed by atoms with Gasteiger partial charge >= 0.3 is 0 Å². The molecule has 2 aromatic heterocycles. The minimum atomic E-state index is 0.147. The Hall–Kier alpha value is -2.14. The number of carbonyl (C=O) groups excluding carboxylic acids is 1. The summed E-state index contributed by atoms with van der Waals surface area (Å²) in [6.45, 7) is 8.23. The quantitative estimate of drug-likeness (QED) is 0.702. The van der Waals surface area contributed by atoms with Crippen molar-refractivity contribution in [3.63, 3.8) is 0 Å². The van der Waals surface area contributed by atoms with Crippen LogP contribution in [0.4, 0.5) is 0 Å². The minimum Gasteiger partial charge on any atom is -0.466 e. The molecule has 5 heteroatoms. The van der Waals surface area contributed by atoms with E-state index in [0.717, 1.165) is 49.6 Å². The summed E-state index contributed by atoms with van der Waals surface area (Å²) in [7, 11) is 0. The molecule has 28 heavy (non-hydrogen) atoms. The Morgan fingerprint density at radius 2 is 2.14 bits per heavy atom. The van der Waals surface area contributed by atoms with Gasteiger partial charge in [-0.15, -0.1) is 0 Å². The zero-order chi connectivity index (χ0) is 19.8. The van der Waals surface area contributed by atoms with E-state index >= 15 is 0 Å². The van der Waals surface area contributed by atoms with Crippen molar-refractivity contribution >= 4 is 5.91 Å². The first-order valence-corrected chi connectivity index (χ1v) is 10.5. The molecule has 2 aromatic rings. The number of aryl methyl sites for hydroxylation is 1. The summed E-state index contributed by atoms with van der Waals surface area (Å²) in [6.07, 6.45) is 8.69. The second kappa shape index (κ2) is 10.4. The van der Waals surface area contributed by atoms with Gasteiger partial charge in [-0.05, 0) is 81.9 Å². The predicted octanol–water partition coefficient (Wildman–Crippen LogP) is 4.29. The predicted molar refractivity (Wildman–Crippen MR) is 111 cm³/mol. The zero-order valence-corrected chi connectivity index (χ0v) is 17.2. The van der Waals surface area contributed by atoms with Gasteiger partial charge in [0, 0.05) is 31.3 Å². The molecule has 1 atom stereocenters. The summed E-state index contributed by atoms with van der Waals surface area (Å²) in [5.41, 5.74) is 1.04. The number of hydrogen-bond acceptors (Lipinski definition) is 4. The van der Waals surface area contributed by atoms with Gasteiger partial charge in [-0.3, -0.25) is 9.78 Å². The summed E-state index contributed by atoms with van der Waals surface area (Å²) in [5.74, 6) is 3.38. The standard InChI is InChI=1S/C23H33N3O2/c1-18(22-7-5-19(2)28-22)9-13-26-14-10-20(11-15-26)6-8-23(27)25-17-21-4-3-12-24-16-21/h3-5,7,12,16,18,20H,6,8-11,13-15,17H2,1-2H3,(H,25,27)/t18-/m1/s1. The van der Waals surface area contributed by atoms with Crippen LogP contribution in [0.25, 0.3) is 0 Å². The molecular weight excluding hydrogens is 350 g/mol. The Bertz CT molecular complexity index is 720. The first kappa shape index (κ1) is 20.6. The normalized spacial score (nSPS) is 16.8. The lowest BCUT2D eigenvalue weighted by Crippen LogP contribution is -2.35. The number of piperidine rings is 1. The van der Waals surface area contributed by atoms with Gasteiger partial charge in [0.25, 0.3) is 0 Å². The molecule has 0 spiro atoms. The molecule has 0 aromatic carbocycles. The fourth-order valence-corrected chi connectivity index (χ4v) is 3.86. The Morgan fingerprint density at radius 3 is 2.82 bits per heavy atom. The number of likely N-dealkylation sites (tertiary alicyclic amines) is 1. The molecule has 0 bridgehead atoms. The summed E-state index contributed by atoms with van der Waals surface area (Å²) in [5, 5.41) is 3.00. The highest BCUT2D eigenvalue weighted by Gasteiger charge is 2.20. The van der Waals surface area contributed by atoms with Crippen molar-refractivity contribution in [1.82, 2.24) is 15.2 Å². The molecule has 1 aliphatic rings. The van der Waals surface area contributed by atoms with Crippen LogP contribution in [0.15, 0.2) is 41.1 Å². The fraction of sp³-hybridized carbons (Fsp3) is 0.565. The molecule has 5 nitrogen and oxygen atoms in total. The van der Waals surface area contributed by atoms with E-state index in [9.17, 15) is 4.79 Å². The topological polar surface area (TPSA) is 58.4 Å². The van der Waals surface area contributed by atoms with Crippen molar-refractivity contribution in [1.29, 1.82) is 0 Å². The SMILES string of the molecule is Cc1ccc([C@H](C)CCN2CCC(CCC(=O)NCc3cccnc3)CC2)o1. The van der Waals surface area contributed by atoms with Crippen LogP contribution in [0.2, 0.25) is 0 Å². The number of amides is 1. The van der Waals surface area contributed by atoms with Crippen LogP contribution in [0.1, 0.15) is 62.0 Å². The molecule has 3 rings (SSSR count). The molecule has 1 fully saturated rings. The molecule has 1 N–H and O–H groups in total. The van der Waals surface area contributed by atoms with Gasteiger partial charge in [0.2, 0.25) is 5.91 Å². The maximum absolute atomic E-state index is 12.1. The van der Waals surface area contributed by atoms with Gasteiger partial charge in [0.1, 0.15) is 11.5 Å². The minimum absolute atomic E-state index is 0.147. The maximum Gasteiger partial charge on any atom is 0.220 e. The van der Waals surface area contributed by atoms with E-state index in [2.05, 4.69) is 28.2 Å². The Kier molecular flexibility index (Phi) is 7.66. The van der Waals surface area contributed by atoms with Gasteiger partial charge in [0.15, 0.2) is 0 Å². The second-order valence-corrected chi connectivity index (χ2v) is 8.10. The summed E-state index contributed by atoms with van der Waals surface area (Å²) in [4.78, 5) is 18.7. The third kappa shape index (κ3) is 6.48. The molecule has 0 saturated carbocycles. The molecule has 152 valence electrons. The number of aromatic nitrogens is 1. The molecule has 0 aliphatic carbocycles. The third-order valence-corrected chi connectivity index (χ3v) is 5.82. The van der Waals surface area contributed by atoms with Crippen molar-refractivity contribution in [2.75, 3.05) is 19.6 Å². The van der Waals surface area contributed by atoms with Crippen molar-refractivity contribution in [3.8, 4) is 0 Å². The summed E-state index contributed by atoms with van der Waals surface area (Å²) < 4.78 is 5.74. The molecule has 1 aliphatic heterocycles. The molecule has 3 heterocycles. The third-order valence-electron chi connectivity index (χ3n) is 5.82. The Labute approximate surface area is 168 Å². The average molecular weight is 384 g/mol. The number of nitrogens with zero attached hydrogens (tertiary/aromatic N) is 2. The average Bonchev–Trinajstić information content (AvgIpc) is 3.17. The van der Waals surface area contributed by atoms with Gasteiger partial charge < -0.3 is 14.6 Å². The van der Waals surface area contributed by atoms with E-state index in [1.54, 1.807) is 12.4 Å². The second-order valence-electron chi connectivity index (χ2n) is 8.10. The van der Waals surface area contributed by atoms with Gasteiger partial charge in [-0.2, -0.15) is 0 Å². The van der Waals surface area contributed by atoms with E-state index in [-0.39, 0.29) is 5.91 Å². The van der Waals surface area contributed by atoms with Gasteiger partial charge in [-0.25, -0.2) is 0 Å². The lowest BCUT2D eigenvalue weighted by Gasteiger charge is -2.32. The first-order valence-electron chi connectivity index (χ1n) is 10.5. The van der Waals surface area contributed by atoms with Crippen molar-refractivity contribution < 1.29 is 9.21 Å². The molecule has 0 radical (unpaired) electrons. The van der Waals surface area contributed by atoms with E-state index < -0.39 is 0 Å². The van der Waals surface area contributed by atoms with Crippen LogP contribution >= 0.6 is 0 Å². The van der Waals surface area contributed by atoms with Crippen LogP contribution < -0.4 is 5.32 Å². The van der Waals surface area contributed by atoms with Gasteiger partial charge in [-0.1, -0.05) is 13.0 Å². The van der Waals surface area contributed by atoms with E-state index in [0.29, 0.717) is 24.8 Å². The Balaban J connectivity index is 1.28. The number of rotatable bonds is 9. The Morgan fingerprint density at radius 1 is 1.32 bits per heavy atom. The van der Waals surface area contributed by atoms with Crippen LogP contribution in [0.3, 0.4) is 0 Å². The lowest BCUT2D eigenvalue weighted by atomic mass is 9.91. The number of pyridine rings is 1. The van der Waals surface area contributed by atoms with Crippen molar-refractivity contribution in [2.45, 2.75) is 58.4 Å². The van der Waals surface area contributed by atoms with E-state index in [4.69, 9.17) is 4.42 Å². The van der Waals surface area contributed by atoms with Crippen LogP contribution in [0, 0.1) is 12.8 Å². The van der Waals surface area contributed by atoms with Crippen molar-refractivity contribution in [3.05, 3.63) is 53.7 Å². The van der Waals surface area contributed by atoms with Crippen molar-refractivity contribution in [2.24, 2.45) is 5.92 Å². The highest BCUT2D eigenvalue weighted by atomic mass is 16.3. The highest BCUT2D eigenvalue weighted by Crippen LogP contribution is 2.25. The van der Waals surface area contributed by atoms with Crippen LogP contribution in [-0.2, 0) is 11.3 Å². The smallest absolute Gasteiger partial charge is 0.220 e. The monoisotopic (exact) mass is 383 g/mol. The number of nitrogens with one attached hydrogen (secondary N) is 1. The number of hydrogen-bond donors (Lipinski definition) is 1. The highest BCUT2D eigenvalue weighted by molar-refractivity contribution is 5.75. The summed E-state index contributed by atoms with van der Waals surface area (Å²) in [6, 6.07) is 8.03. The summed E-state index contributed by atoms with van der Waals surface area (Å²) >= 11 is 0. The molecule has 0 unspecified atom stereocenters. The lowest BCUT2D eigenvalue weighted by molar-refractivity contribution is -0.121. The molecular formula is C23H33N3O2. The first-order chi connectivity index (χ1) is 13.6. The number of furan rings is 1. The fourth-order valence-electron chi connectivity index (χ4n) is 3.86. The zero-order valence-electron chi connectivity index (χ0n) is 17.2. The van der Waals surface area contributed by atoms with Gasteiger partial charge in [0.05, 0.1) is 0 Å². The van der Waals surface area contributed by atoms with E-state index in [1.165, 1.54) is 12.8 Å². The largest absolute Gasteiger partial charge is 0.466 e. The van der Waals surface area contributed by atoms with Crippen LogP contribution in [0.5, 0.6) is 0 Å². The maximum atomic E-state index is 12.1.